The zero-order valence-corrected chi connectivity index (χ0v) is 15.7. The first-order chi connectivity index (χ1) is 12.1. The van der Waals surface area contributed by atoms with Crippen LogP contribution in [0.15, 0.2) is 18.2 Å². The van der Waals surface area contributed by atoms with Gasteiger partial charge in [-0.25, -0.2) is 9.59 Å². The quantitative estimate of drug-likeness (QED) is 0.786. The molecule has 0 saturated carbocycles. The van der Waals surface area contributed by atoms with Crippen molar-refractivity contribution in [1.29, 1.82) is 0 Å². The van der Waals surface area contributed by atoms with Gasteiger partial charge in [-0.3, -0.25) is 4.79 Å². The number of rotatable bonds is 6. The van der Waals surface area contributed by atoms with Crippen molar-refractivity contribution in [1.82, 2.24) is 9.80 Å². The second-order valence-electron chi connectivity index (χ2n) is 7.51. The Kier molecular flexibility index (Phi) is 5.90. The molecule has 142 valence electrons. The molecule has 7 nitrogen and oxygen atoms in total. The Morgan fingerprint density at radius 2 is 1.96 bits per heavy atom. The van der Waals surface area contributed by atoms with E-state index >= 15 is 0 Å². The van der Waals surface area contributed by atoms with Gasteiger partial charge in [-0.1, -0.05) is 6.07 Å². The Bertz CT molecular complexity index is 708. The summed E-state index contributed by atoms with van der Waals surface area (Å²) in [7, 11) is 1.69. The van der Waals surface area contributed by atoms with Crippen LogP contribution in [-0.4, -0.2) is 58.6 Å². The molecule has 2 rings (SSSR count). The number of hydrogen-bond acceptors (Lipinski definition) is 4. The highest BCUT2D eigenvalue weighted by Crippen LogP contribution is 2.24. The van der Waals surface area contributed by atoms with Gasteiger partial charge in [-0.05, 0) is 51.3 Å². The van der Waals surface area contributed by atoms with Crippen LogP contribution >= 0.6 is 0 Å². The van der Waals surface area contributed by atoms with Gasteiger partial charge in [0.05, 0.1) is 5.56 Å². The van der Waals surface area contributed by atoms with E-state index in [4.69, 9.17) is 9.84 Å². The van der Waals surface area contributed by atoms with Crippen molar-refractivity contribution < 1.29 is 24.2 Å². The highest BCUT2D eigenvalue weighted by Gasteiger charge is 2.27. The number of hydrogen-bond donors (Lipinski definition) is 1. The third-order valence-electron chi connectivity index (χ3n) is 4.11. The summed E-state index contributed by atoms with van der Waals surface area (Å²) in [5, 5.41) is 9.04. The topological polar surface area (TPSA) is 87.2 Å². The normalized spacial score (nSPS) is 13.5. The van der Waals surface area contributed by atoms with Gasteiger partial charge in [0.2, 0.25) is 0 Å². The number of unbranched alkanes of at least 4 members (excludes halogenated alkanes) is 1. The number of aromatic carboxylic acids is 1. The fourth-order valence-electron chi connectivity index (χ4n) is 2.76. The molecule has 0 aromatic heterocycles. The van der Waals surface area contributed by atoms with E-state index in [0.717, 1.165) is 18.4 Å². The van der Waals surface area contributed by atoms with Gasteiger partial charge in [0.1, 0.15) is 5.60 Å². The molecule has 1 aromatic carbocycles. The molecule has 1 N–H and O–H groups in total. The molecule has 26 heavy (non-hydrogen) atoms. The SMILES string of the molecule is CN(CCCCN1Cc2ccc(C(=O)O)cc2C1=O)C(=O)OC(C)(C)C. The molecule has 0 aliphatic carbocycles. The Morgan fingerprint density at radius 1 is 1.27 bits per heavy atom. The zero-order valence-electron chi connectivity index (χ0n) is 15.7. The predicted octanol–water partition coefficient (Wildman–Crippen LogP) is 2.99. The molecule has 0 atom stereocenters. The van der Waals surface area contributed by atoms with E-state index < -0.39 is 11.6 Å². The van der Waals surface area contributed by atoms with Crippen LogP contribution in [0.3, 0.4) is 0 Å². The average Bonchev–Trinajstić information content (AvgIpc) is 2.85. The van der Waals surface area contributed by atoms with Crippen molar-refractivity contribution in [3.63, 3.8) is 0 Å². The molecule has 2 amide bonds. The zero-order chi connectivity index (χ0) is 19.5. The van der Waals surface area contributed by atoms with Crippen LogP contribution in [-0.2, 0) is 11.3 Å². The number of carbonyl (C=O) groups excluding carboxylic acids is 2. The maximum atomic E-state index is 12.4. The Morgan fingerprint density at radius 3 is 2.58 bits per heavy atom. The fourth-order valence-corrected chi connectivity index (χ4v) is 2.76. The number of amides is 2. The maximum Gasteiger partial charge on any atom is 0.410 e. The number of carboxylic acids is 1. The standard InChI is InChI=1S/C19H26N2O5/c1-19(2,3)26-18(25)20(4)9-5-6-10-21-12-14-8-7-13(17(23)24)11-15(14)16(21)22/h7-8,11H,5-6,9-10,12H2,1-4H3,(H,23,24). The average molecular weight is 362 g/mol. The van der Waals surface area contributed by atoms with Gasteiger partial charge >= 0.3 is 12.1 Å². The molecular weight excluding hydrogens is 336 g/mol. The minimum absolute atomic E-state index is 0.123. The molecule has 1 aliphatic heterocycles. The van der Waals surface area contributed by atoms with E-state index in [1.807, 2.05) is 20.8 Å². The second-order valence-corrected chi connectivity index (χ2v) is 7.51. The summed E-state index contributed by atoms with van der Waals surface area (Å²) in [4.78, 5) is 38.6. The summed E-state index contributed by atoms with van der Waals surface area (Å²) in [6.07, 6.45) is 1.14. The lowest BCUT2D eigenvalue weighted by molar-refractivity contribution is 0.0294. The van der Waals surface area contributed by atoms with Crippen LogP contribution in [0.25, 0.3) is 0 Å². The number of nitrogens with zero attached hydrogens (tertiary/aromatic N) is 2. The van der Waals surface area contributed by atoms with Crippen LogP contribution in [0, 0.1) is 0 Å². The van der Waals surface area contributed by atoms with E-state index in [0.29, 0.717) is 25.2 Å². The lowest BCUT2D eigenvalue weighted by Crippen LogP contribution is -2.35. The molecule has 0 fully saturated rings. The maximum absolute atomic E-state index is 12.4. The molecule has 1 heterocycles. The van der Waals surface area contributed by atoms with Crippen LogP contribution in [0.4, 0.5) is 4.79 Å². The van der Waals surface area contributed by atoms with Gasteiger partial charge in [-0.2, -0.15) is 0 Å². The van der Waals surface area contributed by atoms with Crippen molar-refractivity contribution in [2.24, 2.45) is 0 Å². The first-order valence-corrected chi connectivity index (χ1v) is 8.68. The number of carbonyl (C=O) groups is 3. The van der Waals surface area contributed by atoms with Crippen LogP contribution in [0.5, 0.6) is 0 Å². The summed E-state index contributed by atoms with van der Waals surface area (Å²) in [5.74, 6) is -1.17. The van der Waals surface area contributed by atoms with E-state index in [1.165, 1.54) is 17.0 Å². The predicted molar refractivity (Wildman–Crippen MR) is 96.2 cm³/mol. The summed E-state index contributed by atoms with van der Waals surface area (Å²) < 4.78 is 5.29. The van der Waals surface area contributed by atoms with Gasteiger partial charge in [0.15, 0.2) is 0 Å². The molecule has 0 saturated heterocycles. The molecule has 0 spiro atoms. The molecule has 7 heteroatoms. The van der Waals surface area contributed by atoms with Gasteiger partial charge in [0.25, 0.3) is 5.91 Å². The van der Waals surface area contributed by atoms with Crippen LogP contribution in [0.1, 0.15) is 59.9 Å². The number of ether oxygens (including phenoxy) is 1. The summed E-state index contributed by atoms with van der Waals surface area (Å²) >= 11 is 0. The molecule has 0 bridgehead atoms. The molecule has 0 unspecified atom stereocenters. The first kappa shape index (κ1) is 19.8. The van der Waals surface area contributed by atoms with Crippen LogP contribution < -0.4 is 0 Å². The second kappa shape index (κ2) is 7.76. The van der Waals surface area contributed by atoms with Crippen molar-refractivity contribution in [2.75, 3.05) is 20.1 Å². The van der Waals surface area contributed by atoms with Crippen molar-refractivity contribution in [3.8, 4) is 0 Å². The number of benzene rings is 1. The minimum Gasteiger partial charge on any atom is -0.478 e. The summed E-state index contributed by atoms with van der Waals surface area (Å²) in [6, 6.07) is 4.66. The van der Waals surface area contributed by atoms with Crippen molar-refractivity contribution in [2.45, 2.75) is 45.8 Å². The van der Waals surface area contributed by atoms with E-state index in [2.05, 4.69) is 0 Å². The van der Waals surface area contributed by atoms with E-state index in [1.54, 1.807) is 18.0 Å². The molecule has 1 aliphatic rings. The van der Waals surface area contributed by atoms with Crippen molar-refractivity contribution >= 4 is 18.0 Å². The lowest BCUT2D eigenvalue weighted by atomic mass is 10.1. The Balaban J connectivity index is 1.80. The monoisotopic (exact) mass is 362 g/mol. The lowest BCUT2D eigenvalue weighted by Gasteiger charge is -2.24. The highest BCUT2D eigenvalue weighted by molar-refractivity contribution is 6.00. The third kappa shape index (κ3) is 4.97. The van der Waals surface area contributed by atoms with Crippen molar-refractivity contribution in [3.05, 3.63) is 34.9 Å². The minimum atomic E-state index is -1.04. The van der Waals surface area contributed by atoms with E-state index in [9.17, 15) is 14.4 Å². The number of fused-ring (bicyclic) bond motifs is 1. The fraction of sp³-hybridized carbons (Fsp3) is 0.526. The molecular formula is C19H26N2O5. The molecule has 0 radical (unpaired) electrons. The highest BCUT2D eigenvalue weighted by atomic mass is 16.6. The summed E-state index contributed by atoms with van der Waals surface area (Å²) in [6.45, 7) is 7.09. The third-order valence-corrected chi connectivity index (χ3v) is 4.11. The first-order valence-electron chi connectivity index (χ1n) is 8.68. The van der Waals surface area contributed by atoms with Gasteiger partial charge in [0, 0.05) is 32.2 Å². The van der Waals surface area contributed by atoms with Gasteiger partial charge in [-0.15, -0.1) is 0 Å². The Labute approximate surface area is 153 Å². The van der Waals surface area contributed by atoms with Gasteiger partial charge < -0.3 is 19.6 Å². The van der Waals surface area contributed by atoms with E-state index in [-0.39, 0.29) is 17.6 Å². The molecule has 1 aromatic rings. The number of carboxylic acid groups (broad SMARTS) is 1. The summed E-state index contributed by atoms with van der Waals surface area (Å²) in [5.41, 5.74) is 0.924. The largest absolute Gasteiger partial charge is 0.478 e. The Hall–Kier alpha value is -2.57. The van der Waals surface area contributed by atoms with Crippen LogP contribution in [0.2, 0.25) is 0 Å². The smallest absolute Gasteiger partial charge is 0.410 e.